The lowest BCUT2D eigenvalue weighted by Gasteiger charge is -2.06. The summed E-state index contributed by atoms with van der Waals surface area (Å²) in [5, 5.41) is 9.03. The van der Waals surface area contributed by atoms with Crippen LogP contribution in [0.15, 0.2) is 10.5 Å². The first-order chi connectivity index (χ1) is 3.97. The van der Waals surface area contributed by atoms with Gasteiger partial charge >= 0.3 is 0 Å². The Hall–Kier alpha value is -0.800. The van der Waals surface area contributed by atoms with Crippen molar-refractivity contribution in [3.8, 4) is 0 Å². The lowest BCUT2D eigenvalue weighted by atomic mass is 10.4. The van der Waals surface area contributed by atoms with E-state index in [1.54, 1.807) is 0 Å². The predicted molar refractivity (Wildman–Crippen MR) is 25.7 cm³/mol. The molecule has 4 nitrogen and oxygen atoms in total. The minimum atomic E-state index is 0.176. The summed E-state index contributed by atoms with van der Waals surface area (Å²) < 4.78 is 0. The molecule has 2 rings (SSSR count). The van der Waals surface area contributed by atoms with E-state index in [1.807, 2.05) is 5.01 Å². The summed E-state index contributed by atoms with van der Waals surface area (Å²) in [6, 6.07) is 0. The van der Waals surface area contributed by atoms with Crippen LogP contribution in [0.2, 0.25) is 0 Å². The van der Waals surface area contributed by atoms with Crippen molar-refractivity contribution >= 4 is 0 Å². The fourth-order valence-corrected chi connectivity index (χ4v) is 1.05. The number of fused-ring (bicyclic) bond motifs is 1. The highest BCUT2D eigenvalue weighted by molar-refractivity contribution is 4.68. The summed E-state index contributed by atoms with van der Waals surface area (Å²) >= 11 is 0. The van der Waals surface area contributed by atoms with E-state index in [2.05, 4.69) is 10.5 Å². The highest BCUT2D eigenvalue weighted by atomic mass is 16.7. The molecule has 0 aromatic carbocycles. The predicted octanol–water partition coefficient (Wildman–Crippen LogP) is 0.721. The topological polar surface area (TPSA) is 37.2 Å². The molecule has 44 valence electrons. The van der Waals surface area contributed by atoms with Crippen molar-refractivity contribution in [2.24, 2.45) is 10.5 Å². The quantitative estimate of drug-likeness (QED) is 0.464. The lowest BCUT2D eigenvalue weighted by molar-refractivity contribution is 0.0283. The van der Waals surface area contributed by atoms with Crippen molar-refractivity contribution < 1.29 is 4.84 Å². The maximum absolute atomic E-state index is 4.86. The van der Waals surface area contributed by atoms with Crippen LogP contribution >= 0.6 is 0 Å². The van der Waals surface area contributed by atoms with E-state index in [9.17, 15) is 0 Å². The van der Waals surface area contributed by atoms with Crippen LogP contribution in [0, 0.1) is 0 Å². The zero-order chi connectivity index (χ0) is 5.40. The van der Waals surface area contributed by atoms with Gasteiger partial charge in [0.2, 0.25) is 6.23 Å². The fourth-order valence-electron chi connectivity index (χ4n) is 1.05. The molecule has 4 heteroatoms. The van der Waals surface area contributed by atoms with Crippen LogP contribution in [-0.2, 0) is 4.84 Å². The van der Waals surface area contributed by atoms with Gasteiger partial charge in [-0.05, 0) is 11.6 Å². The SMILES string of the molecule is C1C[C@H]2ON=NN2C1. The molecule has 2 aliphatic heterocycles. The van der Waals surface area contributed by atoms with Crippen molar-refractivity contribution in [1.82, 2.24) is 5.01 Å². The van der Waals surface area contributed by atoms with Gasteiger partial charge in [0.25, 0.3) is 0 Å². The van der Waals surface area contributed by atoms with Crippen LogP contribution in [0.4, 0.5) is 0 Å². The summed E-state index contributed by atoms with van der Waals surface area (Å²) in [5.74, 6) is 0. The first-order valence-corrected chi connectivity index (χ1v) is 2.80. The molecule has 1 atom stereocenters. The molecule has 2 aliphatic rings. The molecule has 2 heterocycles. The first-order valence-electron chi connectivity index (χ1n) is 2.80. The van der Waals surface area contributed by atoms with E-state index in [1.165, 1.54) is 6.42 Å². The Balaban J connectivity index is 2.13. The van der Waals surface area contributed by atoms with Crippen LogP contribution in [-0.4, -0.2) is 17.8 Å². The van der Waals surface area contributed by atoms with Crippen molar-refractivity contribution in [2.45, 2.75) is 19.1 Å². The zero-order valence-corrected chi connectivity index (χ0v) is 4.45. The summed E-state index contributed by atoms with van der Waals surface area (Å²) in [4.78, 5) is 4.86. The molecule has 0 amide bonds. The van der Waals surface area contributed by atoms with Crippen LogP contribution in [0.25, 0.3) is 0 Å². The van der Waals surface area contributed by atoms with Gasteiger partial charge in [-0.1, -0.05) is 0 Å². The maximum atomic E-state index is 4.86. The number of nitrogens with zero attached hydrogens (tertiary/aromatic N) is 3. The minimum Gasteiger partial charge on any atom is -0.351 e. The molecule has 0 N–H and O–H groups in total. The lowest BCUT2D eigenvalue weighted by Crippen LogP contribution is -2.19. The second kappa shape index (κ2) is 1.34. The van der Waals surface area contributed by atoms with E-state index >= 15 is 0 Å². The first kappa shape index (κ1) is 4.12. The molecule has 0 aliphatic carbocycles. The normalized spacial score (nSPS) is 33.0. The standard InChI is InChI=1S/C4H7N3O/c1-2-4-7(3-1)5-6-8-4/h4H,1-3H2/t4-/m1/s1. The maximum Gasteiger partial charge on any atom is 0.217 e. The third-order valence-corrected chi connectivity index (χ3v) is 1.49. The van der Waals surface area contributed by atoms with E-state index in [0.29, 0.717) is 0 Å². The largest absolute Gasteiger partial charge is 0.351 e. The average Bonchev–Trinajstić information content (AvgIpc) is 2.15. The summed E-state index contributed by atoms with van der Waals surface area (Å²) in [5.41, 5.74) is 0. The van der Waals surface area contributed by atoms with Crippen molar-refractivity contribution in [3.05, 3.63) is 0 Å². The van der Waals surface area contributed by atoms with Gasteiger partial charge in [-0.3, -0.25) is 0 Å². The Bertz CT molecular complexity index is 124. The molecule has 0 bridgehead atoms. The molecular formula is C4H7N3O. The van der Waals surface area contributed by atoms with E-state index in [-0.39, 0.29) is 6.23 Å². The molecule has 8 heavy (non-hydrogen) atoms. The second-order valence-electron chi connectivity index (χ2n) is 2.04. The van der Waals surface area contributed by atoms with Crippen molar-refractivity contribution in [3.63, 3.8) is 0 Å². The van der Waals surface area contributed by atoms with Crippen LogP contribution in [0.5, 0.6) is 0 Å². The summed E-state index contributed by atoms with van der Waals surface area (Å²) in [7, 11) is 0. The van der Waals surface area contributed by atoms with Gasteiger partial charge in [-0.15, -0.1) is 0 Å². The van der Waals surface area contributed by atoms with Crippen molar-refractivity contribution in [1.29, 1.82) is 0 Å². The smallest absolute Gasteiger partial charge is 0.217 e. The molecule has 0 aromatic rings. The molecule has 0 radical (unpaired) electrons. The molecule has 1 saturated heterocycles. The van der Waals surface area contributed by atoms with Crippen LogP contribution in [0.3, 0.4) is 0 Å². The third-order valence-electron chi connectivity index (χ3n) is 1.49. The zero-order valence-electron chi connectivity index (χ0n) is 4.45. The monoisotopic (exact) mass is 113 g/mol. The van der Waals surface area contributed by atoms with Gasteiger partial charge in [0, 0.05) is 18.2 Å². The molecule has 0 aromatic heterocycles. The highest BCUT2D eigenvalue weighted by Crippen LogP contribution is 2.22. The van der Waals surface area contributed by atoms with Gasteiger partial charge < -0.3 is 4.84 Å². The third kappa shape index (κ3) is 0.397. The van der Waals surface area contributed by atoms with Gasteiger partial charge in [0.15, 0.2) is 0 Å². The van der Waals surface area contributed by atoms with Crippen molar-refractivity contribution in [2.75, 3.05) is 6.54 Å². The number of rotatable bonds is 0. The molecular weight excluding hydrogens is 106 g/mol. The fraction of sp³-hybridized carbons (Fsp3) is 1.00. The van der Waals surface area contributed by atoms with E-state index in [4.69, 9.17) is 4.84 Å². The van der Waals surface area contributed by atoms with E-state index in [0.717, 1.165) is 13.0 Å². The molecule has 0 spiro atoms. The van der Waals surface area contributed by atoms with Gasteiger partial charge in [0.1, 0.15) is 0 Å². The Kier molecular flexibility index (Phi) is 0.688. The number of hydrogen-bond acceptors (Lipinski definition) is 4. The summed E-state index contributed by atoms with van der Waals surface area (Å²) in [6.45, 7) is 1.01. The van der Waals surface area contributed by atoms with Gasteiger partial charge in [-0.25, -0.2) is 5.01 Å². The van der Waals surface area contributed by atoms with Crippen LogP contribution < -0.4 is 0 Å². The van der Waals surface area contributed by atoms with E-state index < -0.39 is 0 Å². The Morgan fingerprint density at radius 3 is 3.50 bits per heavy atom. The second-order valence-corrected chi connectivity index (χ2v) is 2.04. The molecule has 0 unspecified atom stereocenters. The van der Waals surface area contributed by atoms with Crippen LogP contribution in [0.1, 0.15) is 12.8 Å². The van der Waals surface area contributed by atoms with Gasteiger partial charge in [-0.2, -0.15) is 0 Å². The molecule has 0 saturated carbocycles. The molecule has 1 fully saturated rings. The highest BCUT2D eigenvalue weighted by Gasteiger charge is 2.28. The summed E-state index contributed by atoms with van der Waals surface area (Å²) in [6.07, 6.45) is 2.44. The van der Waals surface area contributed by atoms with Gasteiger partial charge in [0.05, 0.1) is 0 Å². The average molecular weight is 113 g/mol. The minimum absolute atomic E-state index is 0.176. The number of hydrogen-bond donors (Lipinski definition) is 0. The Morgan fingerprint density at radius 2 is 2.62 bits per heavy atom. The Labute approximate surface area is 47.1 Å². The Morgan fingerprint density at radius 1 is 1.62 bits per heavy atom.